The van der Waals surface area contributed by atoms with Gasteiger partial charge in [0.1, 0.15) is 5.75 Å². The lowest BCUT2D eigenvalue weighted by Gasteiger charge is -2.14. The highest BCUT2D eigenvalue weighted by molar-refractivity contribution is 7.99. The van der Waals surface area contributed by atoms with Crippen molar-refractivity contribution < 1.29 is 27.6 Å². The van der Waals surface area contributed by atoms with E-state index in [9.17, 15) is 28.1 Å². The third-order valence-electron chi connectivity index (χ3n) is 4.80. The van der Waals surface area contributed by atoms with Crippen LogP contribution in [0.4, 0.5) is 24.5 Å². The minimum absolute atomic E-state index is 0.00441. The summed E-state index contributed by atoms with van der Waals surface area (Å²) in [6, 6.07) is 19.9. The van der Waals surface area contributed by atoms with Gasteiger partial charge >= 0.3 is 6.36 Å². The molecule has 8 nitrogen and oxygen atoms in total. The Morgan fingerprint density at radius 3 is 2.44 bits per heavy atom. The fraction of sp³-hybridized carbons (Fsp3) is 0.0833. The number of amides is 1. The fourth-order valence-corrected chi connectivity index (χ4v) is 4.11. The zero-order valence-corrected chi connectivity index (χ0v) is 19.1. The van der Waals surface area contributed by atoms with Gasteiger partial charge in [0.2, 0.25) is 5.91 Å². The van der Waals surface area contributed by atoms with Crippen LogP contribution in [0.2, 0.25) is 0 Å². The van der Waals surface area contributed by atoms with Crippen molar-refractivity contribution in [3.63, 3.8) is 0 Å². The van der Waals surface area contributed by atoms with Gasteiger partial charge in [-0.25, -0.2) is 4.98 Å². The Kier molecular flexibility index (Phi) is 7.25. The number of carbonyl (C=O) groups excluding carboxylic acids is 1. The van der Waals surface area contributed by atoms with Crippen molar-refractivity contribution in [1.82, 2.24) is 9.55 Å². The molecule has 0 aliphatic rings. The van der Waals surface area contributed by atoms with Crippen molar-refractivity contribution in [3.8, 4) is 22.7 Å². The monoisotopic (exact) mass is 514 g/mol. The number of anilines is 1. The topological polar surface area (TPSA) is 99.3 Å². The van der Waals surface area contributed by atoms with Crippen LogP contribution < -0.4 is 10.1 Å². The SMILES string of the molecule is O=C(CSc1ncc(-c2cccc([N+](=O)[O-])c2)n1-c1ccc(OC(F)(F)F)cc1)Nc1ccccc1. The van der Waals surface area contributed by atoms with E-state index in [-0.39, 0.29) is 17.3 Å². The van der Waals surface area contributed by atoms with Crippen LogP contribution in [0.5, 0.6) is 5.75 Å². The lowest BCUT2D eigenvalue weighted by Crippen LogP contribution is -2.17. The highest BCUT2D eigenvalue weighted by atomic mass is 32.2. The van der Waals surface area contributed by atoms with Crippen LogP contribution >= 0.6 is 11.8 Å². The highest BCUT2D eigenvalue weighted by Crippen LogP contribution is 2.33. The van der Waals surface area contributed by atoms with Crippen molar-refractivity contribution in [2.75, 3.05) is 11.1 Å². The number of imidazole rings is 1. The summed E-state index contributed by atoms with van der Waals surface area (Å²) in [5, 5.41) is 14.4. The first-order chi connectivity index (χ1) is 17.2. The summed E-state index contributed by atoms with van der Waals surface area (Å²) in [6.07, 6.45) is -3.35. The van der Waals surface area contributed by atoms with Gasteiger partial charge < -0.3 is 10.1 Å². The Bertz CT molecular complexity index is 1380. The van der Waals surface area contributed by atoms with E-state index in [1.165, 1.54) is 36.5 Å². The zero-order valence-electron chi connectivity index (χ0n) is 18.3. The van der Waals surface area contributed by atoms with Gasteiger partial charge in [0.25, 0.3) is 5.69 Å². The molecule has 1 aromatic heterocycles. The smallest absolute Gasteiger partial charge is 0.406 e. The van der Waals surface area contributed by atoms with E-state index in [1.807, 2.05) is 6.07 Å². The van der Waals surface area contributed by atoms with E-state index >= 15 is 0 Å². The number of benzene rings is 3. The molecule has 0 spiro atoms. The number of rotatable bonds is 8. The van der Waals surface area contributed by atoms with E-state index in [0.717, 1.165) is 23.9 Å². The summed E-state index contributed by atoms with van der Waals surface area (Å²) in [5.41, 5.74) is 1.84. The van der Waals surface area contributed by atoms with Crippen LogP contribution in [0.3, 0.4) is 0 Å². The largest absolute Gasteiger partial charge is 0.573 e. The van der Waals surface area contributed by atoms with Crippen LogP contribution in [-0.2, 0) is 4.79 Å². The maximum atomic E-state index is 12.6. The van der Waals surface area contributed by atoms with Crippen molar-refractivity contribution in [1.29, 1.82) is 0 Å². The van der Waals surface area contributed by atoms with Crippen LogP contribution in [0.15, 0.2) is 90.2 Å². The standard InChI is InChI=1S/C24H17F3N4O4S/c25-24(26,27)35-20-11-9-18(10-12-20)30-21(16-5-4-8-19(13-16)31(33)34)14-28-23(30)36-15-22(32)29-17-6-2-1-3-7-17/h1-14H,15H2,(H,29,32). The van der Waals surface area contributed by atoms with Gasteiger partial charge in [-0.05, 0) is 36.4 Å². The maximum Gasteiger partial charge on any atom is 0.573 e. The molecule has 0 fully saturated rings. The molecule has 0 aliphatic heterocycles. The molecule has 0 aliphatic carbocycles. The van der Waals surface area contributed by atoms with Crippen LogP contribution in [0.1, 0.15) is 0 Å². The summed E-state index contributed by atoms with van der Waals surface area (Å²) in [5.74, 6) is -0.693. The Morgan fingerprint density at radius 2 is 1.78 bits per heavy atom. The van der Waals surface area contributed by atoms with E-state index in [4.69, 9.17) is 0 Å². The van der Waals surface area contributed by atoms with Crippen LogP contribution in [0, 0.1) is 10.1 Å². The summed E-state index contributed by atoms with van der Waals surface area (Å²) in [7, 11) is 0. The number of ether oxygens (including phenoxy) is 1. The molecule has 184 valence electrons. The van der Waals surface area contributed by atoms with E-state index in [2.05, 4.69) is 15.0 Å². The summed E-state index contributed by atoms with van der Waals surface area (Å²) < 4.78 is 43.2. The molecule has 1 N–H and O–H groups in total. The van der Waals surface area contributed by atoms with Crippen LogP contribution in [0.25, 0.3) is 16.9 Å². The second-order valence-electron chi connectivity index (χ2n) is 7.31. The van der Waals surface area contributed by atoms with Gasteiger partial charge in [-0.1, -0.05) is 42.1 Å². The van der Waals surface area contributed by atoms with Gasteiger partial charge in [-0.2, -0.15) is 0 Å². The fourth-order valence-electron chi connectivity index (χ4n) is 3.31. The third kappa shape index (κ3) is 6.21. The molecule has 0 saturated carbocycles. The van der Waals surface area contributed by atoms with Crippen molar-refractivity contribution in [2.45, 2.75) is 11.5 Å². The molecule has 0 radical (unpaired) electrons. The number of alkyl halides is 3. The zero-order chi connectivity index (χ0) is 25.7. The van der Waals surface area contributed by atoms with Crippen molar-refractivity contribution in [2.24, 2.45) is 0 Å². The molecule has 4 aromatic rings. The summed E-state index contributed by atoms with van der Waals surface area (Å²) in [6.45, 7) is 0. The minimum atomic E-state index is -4.84. The Balaban J connectivity index is 1.66. The number of carbonyl (C=O) groups is 1. The number of nitro benzene ring substituents is 1. The average molecular weight is 514 g/mol. The number of nitrogens with zero attached hydrogens (tertiary/aromatic N) is 3. The molecule has 0 saturated heterocycles. The lowest BCUT2D eigenvalue weighted by atomic mass is 10.1. The Hall–Kier alpha value is -4.32. The number of aromatic nitrogens is 2. The second kappa shape index (κ2) is 10.5. The summed E-state index contributed by atoms with van der Waals surface area (Å²) in [4.78, 5) is 27.5. The minimum Gasteiger partial charge on any atom is -0.406 e. The first kappa shape index (κ1) is 24.8. The molecule has 0 unspecified atom stereocenters. The maximum absolute atomic E-state index is 12.6. The molecule has 0 atom stereocenters. The van der Waals surface area contributed by atoms with Gasteiger partial charge in [-0.15, -0.1) is 13.2 Å². The highest BCUT2D eigenvalue weighted by Gasteiger charge is 2.31. The molecule has 3 aromatic carbocycles. The number of non-ortho nitro benzene ring substituents is 1. The van der Waals surface area contributed by atoms with Gasteiger partial charge in [-0.3, -0.25) is 19.5 Å². The molecular weight excluding hydrogens is 497 g/mol. The Morgan fingerprint density at radius 1 is 1.06 bits per heavy atom. The van der Waals surface area contributed by atoms with Gasteiger partial charge in [0.15, 0.2) is 5.16 Å². The van der Waals surface area contributed by atoms with E-state index in [0.29, 0.717) is 27.8 Å². The van der Waals surface area contributed by atoms with E-state index in [1.54, 1.807) is 34.9 Å². The molecule has 0 bridgehead atoms. The number of thioether (sulfide) groups is 1. The van der Waals surface area contributed by atoms with Gasteiger partial charge in [0.05, 0.1) is 22.6 Å². The number of nitrogens with one attached hydrogen (secondary N) is 1. The number of hydrogen-bond acceptors (Lipinski definition) is 6. The second-order valence-corrected chi connectivity index (χ2v) is 8.26. The van der Waals surface area contributed by atoms with Crippen LogP contribution in [-0.4, -0.2) is 32.5 Å². The number of para-hydroxylation sites is 1. The molecule has 1 heterocycles. The molecule has 4 rings (SSSR count). The third-order valence-corrected chi connectivity index (χ3v) is 5.75. The normalized spacial score (nSPS) is 11.2. The van der Waals surface area contributed by atoms with Gasteiger partial charge in [0, 0.05) is 29.1 Å². The Labute approximate surface area is 206 Å². The number of halogens is 3. The molecular formula is C24H17F3N4O4S. The number of nitro groups is 1. The van der Waals surface area contributed by atoms with Crippen molar-refractivity contribution >= 4 is 29.0 Å². The molecule has 12 heteroatoms. The average Bonchev–Trinajstić information content (AvgIpc) is 3.27. The van der Waals surface area contributed by atoms with E-state index < -0.39 is 17.0 Å². The summed E-state index contributed by atoms with van der Waals surface area (Å²) >= 11 is 1.10. The number of hydrogen-bond donors (Lipinski definition) is 1. The molecule has 1 amide bonds. The predicted octanol–water partition coefficient (Wildman–Crippen LogP) is 6.08. The molecule has 36 heavy (non-hydrogen) atoms. The lowest BCUT2D eigenvalue weighted by molar-refractivity contribution is -0.384. The first-order valence-electron chi connectivity index (χ1n) is 10.4. The predicted molar refractivity (Wildman–Crippen MR) is 128 cm³/mol. The van der Waals surface area contributed by atoms with Crippen molar-refractivity contribution in [3.05, 3.63) is 95.2 Å². The first-order valence-corrected chi connectivity index (χ1v) is 11.3. The quantitative estimate of drug-likeness (QED) is 0.174.